The number of sulfone groups is 2. The van der Waals surface area contributed by atoms with Crippen LogP contribution in [0.4, 0.5) is 0 Å². The highest BCUT2D eigenvalue weighted by atomic mass is 32.3. The van der Waals surface area contributed by atoms with E-state index < -0.39 is 24.3 Å². The Balaban J connectivity index is 4.89. The molecule has 20 heavy (non-hydrogen) atoms. The summed E-state index contributed by atoms with van der Waals surface area (Å²) in [5, 5.41) is 0. The van der Waals surface area contributed by atoms with Crippen molar-refractivity contribution in [1.29, 1.82) is 0 Å². The van der Waals surface area contributed by atoms with E-state index in [4.69, 9.17) is 0 Å². The Kier molecular flexibility index (Phi) is 8.41. The van der Waals surface area contributed by atoms with E-state index in [9.17, 15) is 16.8 Å². The van der Waals surface area contributed by atoms with Crippen LogP contribution in [0.15, 0.2) is 48.6 Å². The van der Waals surface area contributed by atoms with Crippen molar-refractivity contribution >= 4 is 19.7 Å². The van der Waals surface area contributed by atoms with Crippen LogP contribution >= 0.6 is 0 Å². The summed E-state index contributed by atoms with van der Waals surface area (Å²) in [5.41, 5.74) is 0. The molecule has 0 fully saturated rings. The molecule has 0 rings (SSSR count). The molecule has 0 amide bonds. The summed E-state index contributed by atoms with van der Waals surface area (Å²) in [5.74, 6) is -0.563. The van der Waals surface area contributed by atoms with Gasteiger partial charge in [0, 0.05) is 0 Å². The third-order valence-corrected chi connectivity index (χ3v) is 7.64. The molecule has 0 heterocycles. The summed E-state index contributed by atoms with van der Waals surface area (Å²) < 4.78 is 46.3. The Bertz CT molecular complexity index is 537. The van der Waals surface area contributed by atoms with Gasteiger partial charge in [-0.25, -0.2) is 16.8 Å². The monoisotopic (exact) mass is 318 g/mol. The minimum absolute atomic E-state index is 0.281. The zero-order chi connectivity index (χ0) is 15.6. The molecule has 0 radical (unpaired) electrons. The average molecular weight is 318 g/mol. The fourth-order valence-electron chi connectivity index (χ4n) is 1.25. The van der Waals surface area contributed by atoms with E-state index >= 15 is 0 Å². The smallest absolute Gasteiger partial charge is 0.170 e. The van der Waals surface area contributed by atoms with Crippen LogP contribution in [0.3, 0.4) is 0 Å². The Morgan fingerprint density at radius 3 is 1.40 bits per heavy atom. The molecular weight excluding hydrogens is 296 g/mol. The van der Waals surface area contributed by atoms with Gasteiger partial charge in [0.15, 0.2) is 24.3 Å². The molecule has 0 aliphatic rings. The molecule has 4 nitrogen and oxygen atoms in total. The lowest BCUT2D eigenvalue weighted by atomic mass is 10.5. The van der Waals surface area contributed by atoms with Gasteiger partial charge in [-0.05, 0) is 20.8 Å². The quantitative estimate of drug-likeness (QED) is 0.645. The van der Waals surface area contributed by atoms with E-state index in [-0.39, 0.29) is 11.5 Å². The van der Waals surface area contributed by atoms with E-state index in [0.717, 1.165) is 0 Å². The Morgan fingerprint density at radius 2 is 1.10 bits per heavy atom. The van der Waals surface area contributed by atoms with Crippen molar-refractivity contribution in [2.45, 2.75) is 25.4 Å². The van der Waals surface area contributed by atoms with E-state index in [0.29, 0.717) is 0 Å². The molecule has 0 unspecified atom stereocenters. The second-order valence-corrected chi connectivity index (χ2v) is 9.17. The SMILES string of the molecule is CC=CC=CCS(=O)(=O)C(C)S(=O)(=O)CC=CC=CC. The van der Waals surface area contributed by atoms with Crippen molar-refractivity contribution in [2.24, 2.45) is 0 Å². The van der Waals surface area contributed by atoms with Gasteiger partial charge in [-0.2, -0.15) is 0 Å². The maximum absolute atomic E-state index is 11.9. The highest BCUT2D eigenvalue weighted by Gasteiger charge is 2.31. The highest BCUT2D eigenvalue weighted by molar-refractivity contribution is 8.09. The van der Waals surface area contributed by atoms with Crippen LogP contribution in [0, 0.1) is 0 Å². The van der Waals surface area contributed by atoms with E-state index in [1.165, 1.54) is 19.1 Å². The lowest BCUT2D eigenvalue weighted by molar-refractivity contribution is 0.581. The van der Waals surface area contributed by atoms with Gasteiger partial charge in [-0.3, -0.25) is 0 Å². The lowest BCUT2D eigenvalue weighted by Gasteiger charge is -2.11. The Hall–Kier alpha value is -1.14. The van der Waals surface area contributed by atoms with Crippen LogP contribution in [0.5, 0.6) is 0 Å². The van der Waals surface area contributed by atoms with Crippen LogP contribution in [-0.4, -0.2) is 32.9 Å². The first kappa shape index (κ1) is 18.9. The number of rotatable bonds is 8. The second kappa shape index (κ2) is 8.92. The van der Waals surface area contributed by atoms with Crippen molar-refractivity contribution in [2.75, 3.05) is 11.5 Å². The zero-order valence-corrected chi connectivity index (χ0v) is 13.7. The third-order valence-electron chi connectivity index (χ3n) is 2.55. The molecule has 6 heteroatoms. The summed E-state index contributed by atoms with van der Waals surface area (Å²) in [6.45, 7) is 4.84. The van der Waals surface area contributed by atoms with Crippen LogP contribution in [-0.2, 0) is 19.7 Å². The zero-order valence-electron chi connectivity index (χ0n) is 12.1. The number of allylic oxidation sites excluding steroid dienone is 6. The fraction of sp³-hybridized carbons (Fsp3) is 0.429. The van der Waals surface area contributed by atoms with Gasteiger partial charge in [0.2, 0.25) is 0 Å². The summed E-state index contributed by atoms with van der Waals surface area (Å²) >= 11 is 0. The Morgan fingerprint density at radius 1 is 0.750 bits per heavy atom. The summed E-state index contributed by atoms with van der Waals surface area (Å²) in [6, 6.07) is 0. The molecule has 0 N–H and O–H groups in total. The maximum Gasteiger partial charge on any atom is 0.170 e. The van der Waals surface area contributed by atoms with Crippen molar-refractivity contribution in [3.63, 3.8) is 0 Å². The van der Waals surface area contributed by atoms with Gasteiger partial charge < -0.3 is 0 Å². The van der Waals surface area contributed by atoms with Crippen LogP contribution in [0.25, 0.3) is 0 Å². The predicted molar refractivity (Wildman–Crippen MR) is 84.9 cm³/mol. The van der Waals surface area contributed by atoms with Gasteiger partial charge in [0.25, 0.3) is 0 Å². The van der Waals surface area contributed by atoms with E-state index in [2.05, 4.69) is 0 Å². The van der Waals surface area contributed by atoms with E-state index in [1.54, 1.807) is 36.5 Å². The minimum Gasteiger partial charge on any atom is -0.227 e. The van der Waals surface area contributed by atoms with Crippen LogP contribution in [0.1, 0.15) is 20.8 Å². The molecule has 0 aliphatic heterocycles. The average Bonchev–Trinajstić information content (AvgIpc) is 2.39. The summed E-state index contributed by atoms with van der Waals surface area (Å²) in [7, 11) is -7.40. The predicted octanol–water partition coefficient (Wildman–Crippen LogP) is 2.43. The summed E-state index contributed by atoms with van der Waals surface area (Å²) in [6.07, 6.45) is 13.0. The Labute approximate surface area is 122 Å². The molecule has 0 aromatic heterocycles. The second-order valence-electron chi connectivity index (χ2n) is 4.13. The standard InChI is InChI=1S/C14H22O4S2/c1-4-6-8-10-12-19(15,16)14(3)20(17,18)13-11-9-7-5-2/h4-11,14H,12-13H2,1-3H3. The molecule has 0 spiro atoms. The maximum atomic E-state index is 11.9. The van der Waals surface area contributed by atoms with Gasteiger partial charge in [0.05, 0.1) is 11.5 Å². The van der Waals surface area contributed by atoms with Crippen molar-refractivity contribution in [1.82, 2.24) is 0 Å². The first-order valence-corrected chi connectivity index (χ1v) is 9.69. The molecule has 0 saturated carbocycles. The van der Waals surface area contributed by atoms with Gasteiger partial charge in [-0.1, -0.05) is 48.6 Å². The largest absolute Gasteiger partial charge is 0.227 e. The molecular formula is C14H22O4S2. The highest BCUT2D eigenvalue weighted by Crippen LogP contribution is 2.12. The van der Waals surface area contributed by atoms with Crippen LogP contribution < -0.4 is 0 Å². The molecule has 0 aliphatic carbocycles. The van der Waals surface area contributed by atoms with Crippen molar-refractivity contribution in [3.8, 4) is 0 Å². The fourth-order valence-corrected chi connectivity index (χ4v) is 4.81. The minimum atomic E-state index is -3.70. The number of hydrogen-bond donors (Lipinski definition) is 0. The third kappa shape index (κ3) is 6.86. The molecule has 0 saturated heterocycles. The first-order valence-electron chi connectivity index (χ1n) is 6.26. The topological polar surface area (TPSA) is 68.3 Å². The van der Waals surface area contributed by atoms with Crippen molar-refractivity contribution in [3.05, 3.63) is 48.6 Å². The lowest BCUT2D eigenvalue weighted by Crippen LogP contribution is -2.30. The molecule has 0 aromatic carbocycles. The first-order chi connectivity index (χ1) is 9.28. The van der Waals surface area contributed by atoms with Crippen molar-refractivity contribution < 1.29 is 16.8 Å². The molecule has 114 valence electrons. The molecule has 0 aromatic rings. The van der Waals surface area contributed by atoms with Gasteiger partial charge in [0.1, 0.15) is 0 Å². The summed E-state index contributed by atoms with van der Waals surface area (Å²) in [4.78, 5) is 0. The van der Waals surface area contributed by atoms with E-state index in [1.807, 2.05) is 13.8 Å². The molecule has 0 atom stereocenters. The number of hydrogen-bond acceptors (Lipinski definition) is 4. The van der Waals surface area contributed by atoms with Gasteiger partial charge >= 0.3 is 0 Å². The van der Waals surface area contributed by atoms with Gasteiger partial charge in [-0.15, -0.1) is 0 Å². The van der Waals surface area contributed by atoms with Crippen LogP contribution in [0.2, 0.25) is 0 Å². The molecule has 0 bridgehead atoms. The normalized spacial score (nSPS) is 15.9.